The number of aromatic carboxylic acids is 1. The second-order valence-electron chi connectivity index (χ2n) is 11.8. The van der Waals surface area contributed by atoms with Crippen molar-refractivity contribution in [3.63, 3.8) is 0 Å². The molecular formula is C35H33F3N2O6. The third kappa shape index (κ3) is 5.77. The molecule has 1 saturated carbocycles. The highest BCUT2D eigenvalue weighted by molar-refractivity contribution is 6.07. The molecule has 0 saturated heterocycles. The maximum atomic E-state index is 13.1. The monoisotopic (exact) mass is 634 g/mol. The van der Waals surface area contributed by atoms with Gasteiger partial charge in [-0.3, -0.25) is 0 Å². The molecule has 0 unspecified atom stereocenters. The quantitative estimate of drug-likeness (QED) is 0.164. The van der Waals surface area contributed by atoms with Crippen molar-refractivity contribution in [1.29, 1.82) is 0 Å². The lowest BCUT2D eigenvalue weighted by Gasteiger charge is -2.16. The van der Waals surface area contributed by atoms with Crippen LogP contribution in [-0.4, -0.2) is 34.3 Å². The summed E-state index contributed by atoms with van der Waals surface area (Å²) in [5, 5.41) is 14.7. The molecule has 3 aromatic carbocycles. The van der Waals surface area contributed by atoms with E-state index in [4.69, 9.17) is 14.0 Å². The van der Waals surface area contributed by atoms with E-state index < -0.39 is 12.3 Å². The molecule has 11 heteroatoms. The van der Waals surface area contributed by atoms with Gasteiger partial charge >= 0.3 is 12.3 Å². The zero-order chi connectivity index (χ0) is 32.9. The zero-order valence-electron chi connectivity index (χ0n) is 26.0. The maximum absolute atomic E-state index is 13.1. The molecule has 1 aliphatic rings. The summed E-state index contributed by atoms with van der Waals surface area (Å²) in [6, 6.07) is 15.4. The highest BCUT2D eigenvalue weighted by atomic mass is 19.4. The Morgan fingerprint density at radius 3 is 2.41 bits per heavy atom. The number of rotatable bonds is 10. The minimum Gasteiger partial charge on any atom is -0.496 e. The second kappa shape index (κ2) is 11.8. The van der Waals surface area contributed by atoms with E-state index in [1.807, 2.05) is 52.0 Å². The number of hydrogen-bond acceptors (Lipinski definition) is 6. The first-order valence-corrected chi connectivity index (χ1v) is 14.9. The van der Waals surface area contributed by atoms with E-state index in [2.05, 4.69) is 14.5 Å². The smallest absolute Gasteiger partial charge is 0.496 e. The van der Waals surface area contributed by atoms with Crippen LogP contribution in [-0.2, 0) is 6.61 Å². The van der Waals surface area contributed by atoms with Crippen LogP contribution in [0.4, 0.5) is 13.2 Å². The van der Waals surface area contributed by atoms with Crippen molar-refractivity contribution in [2.75, 3.05) is 7.11 Å². The fourth-order valence-electron chi connectivity index (χ4n) is 6.10. The molecule has 1 N–H and O–H groups in total. The van der Waals surface area contributed by atoms with E-state index in [0.29, 0.717) is 28.2 Å². The number of alkyl halides is 3. The lowest BCUT2D eigenvalue weighted by atomic mass is 9.97. The SMILES string of the molecule is COc1cc2c(C(=O)O)c(C)n(C3CC3)c2cc1-c1ccc(OCc2c(-c3ccccc3OC(F)(F)F)noc2C(C)C)cc1C. The summed E-state index contributed by atoms with van der Waals surface area (Å²) in [5.41, 5.74) is 5.32. The Hall–Kier alpha value is -4.93. The van der Waals surface area contributed by atoms with Crippen molar-refractivity contribution in [3.8, 4) is 39.6 Å². The van der Waals surface area contributed by atoms with Crippen LogP contribution in [0.15, 0.2) is 59.1 Å². The molecule has 0 radical (unpaired) electrons. The van der Waals surface area contributed by atoms with Crippen LogP contribution in [0, 0.1) is 13.8 Å². The minimum atomic E-state index is -4.87. The lowest BCUT2D eigenvalue weighted by Crippen LogP contribution is -2.17. The summed E-state index contributed by atoms with van der Waals surface area (Å²) in [7, 11) is 1.56. The summed E-state index contributed by atoms with van der Waals surface area (Å²) in [6.45, 7) is 7.58. The Balaban J connectivity index is 1.34. The van der Waals surface area contributed by atoms with Crippen LogP contribution in [0.1, 0.15) is 71.6 Å². The van der Waals surface area contributed by atoms with Crippen molar-refractivity contribution in [1.82, 2.24) is 9.72 Å². The molecule has 2 aromatic heterocycles. The van der Waals surface area contributed by atoms with Gasteiger partial charge in [0.15, 0.2) is 0 Å². The molecule has 46 heavy (non-hydrogen) atoms. The number of carbonyl (C=O) groups is 1. The zero-order valence-corrected chi connectivity index (χ0v) is 26.0. The van der Waals surface area contributed by atoms with Crippen molar-refractivity contribution in [2.45, 2.75) is 65.5 Å². The lowest BCUT2D eigenvalue weighted by molar-refractivity contribution is -0.274. The van der Waals surface area contributed by atoms with Crippen LogP contribution in [0.3, 0.4) is 0 Å². The number of aryl methyl sites for hydroxylation is 1. The molecule has 1 fully saturated rings. The van der Waals surface area contributed by atoms with Gasteiger partial charge in [0.2, 0.25) is 0 Å². The molecule has 0 atom stereocenters. The van der Waals surface area contributed by atoms with E-state index in [1.165, 1.54) is 18.2 Å². The highest BCUT2D eigenvalue weighted by Gasteiger charge is 2.34. The van der Waals surface area contributed by atoms with Crippen molar-refractivity contribution >= 4 is 16.9 Å². The average Bonchev–Trinajstić information content (AvgIpc) is 3.66. The number of hydrogen-bond donors (Lipinski definition) is 1. The van der Waals surface area contributed by atoms with Gasteiger partial charge < -0.3 is 28.4 Å². The molecule has 240 valence electrons. The van der Waals surface area contributed by atoms with Crippen LogP contribution in [0.5, 0.6) is 17.2 Å². The van der Waals surface area contributed by atoms with Gasteiger partial charge in [-0.25, -0.2) is 4.79 Å². The summed E-state index contributed by atoms with van der Waals surface area (Å²) < 4.78 is 63.3. The van der Waals surface area contributed by atoms with Gasteiger partial charge in [-0.15, -0.1) is 13.2 Å². The molecule has 0 bridgehead atoms. The van der Waals surface area contributed by atoms with Gasteiger partial charge in [0, 0.05) is 34.2 Å². The summed E-state index contributed by atoms with van der Waals surface area (Å²) in [6.07, 6.45) is -2.87. The summed E-state index contributed by atoms with van der Waals surface area (Å²) in [4.78, 5) is 12.2. The maximum Gasteiger partial charge on any atom is 0.573 e. The van der Waals surface area contributed by atoms with Crippen LogP contribution >= 0.6 is 0 Å². The largest absolute Gasteiger partial charge is 0.573 e. The number of ether oxygens (including phenoxy) is 3. The van der Waals surface area contributed by atoms with Crippen LogP contribution < -0.4 is 14.2 Å². The number of carboxylic acids is 1. The summed E-state index contributed by atoms with van der Waals surface area (Å²) in [5.74, 6) is 0.120. The molecule has 5 aromatic rings. The van der Waals surface area contributed by atoms with Gasteiger partial charge in [-0.05, 0) is 74.2 Å². The second-order valence-corrected chi connectivity index (χ2v) is 11.8. The third-order valence-electron chi connectivity index (χ3n) is 8.28. The Morgan fingerprint density at radius 2 is 1.78 bits per heavy atom. The van der Waals surface area contributed by atoms with Crippen molar-refractivity contribution in [2.24, 2.45) is 0 Å². The number of fused-ring (bicyclic) bond motifs is 1. The van der Waals surface area contributed by atoms with E-state index in [9.17, 15) is 23.1 Å². The highest BCUT2D eigenvalue weighted by Crippen LogP contribution is 2.45. The molecule has 6 rings (SSSR count). The van der Waals surface area contributed by atoms with E-state index in [1.54, 1.807) is 19.2 Å². The first-order valence-electron chi connectivity index (χ1n) is 14.9. The standard InChI is InChI=1S/C35H33F3N2O6/c1-18(2)33-27(32(39-46-33)24-8-6-7-9-29(24)45-35(36,37)38)17-44-22-12-13-23(19(3)14-22)25-15-28-26(16-30(25)43-5)31(34(41)42)20(4)40(28)21-10-11-21/h6-9,12-16,18,21H,10-11,17H2,1-5H3,(H,41,42). The fourth-order valence-corrected chi connectivity index (χ4v) is 6.10. The Bertz CT molecular complexity index is 1950. The Labute approximate surface area is 263 Å². The first-order chi connectivity index (χ1) is 21.9. The first kappa shape index (κ1) is 31.1. The van der Waals surface area contributed by atoms with Gasteiger partial charge in [0.25, 0.3) is 0 Å². The van der Waals surface area contributed by atoms with E-state index >= 15 is 0 Å². The fraction of sp³-hybridized carbons (Fsp3) is 0.314. The normalized spacial score (nSPS) is 13.4. The number of aromatic nitrogens is 2. The van der Waals surface area contributed by atoms with E-state index in [-0.39, 0.29) is 41.1 Å². The van der Waals surface area contributed by atoms with E-state index in [0.717, 1.165) is 40.7 Å². The Morgan fingerprint density at radius 1 is 1.04 bits per heavy atom. The molecule has 0 amide bonds. The number of nitrogens with zero attached hydrogens (tertiary/aromatic N) is 2. The molecule has 1 aliphatic carbocycles. The number of para-hydroxylation sites is 1. The van der Waals surface area contributed by atoms with Crippen LogP contribution in [0.25, 0.3) is 33.3 Å². The minimum absolute atomic E-state index is 0.00703. The molecular weight excluding hydrogens is 601 g/mol. The topological polar surface area (TPSA) is 96.0 Å². The van der Waals surface area contributed by atoms with Crippen molar-refractivity contribution in [3.05, 3.63) is 82.7 Å². The molecule has 0 aliphatic heterocycles. The predicted molar refractivity (Wildman–Crippen MR) is 166 cm³/mol. The molecule has 8 nitrogen and oxygen atoms in total. The molecule has 2 heterocycles. The average molecular weight is 635 g/mol. The van der Waals surface area contributed by atoms with Gasteiger partial charge in [0.1, 0.15) is 35.3 Å². The number of methoxy groups -OCH3 is 1. The van der Waals surface area contributed by atoms with Gasteiger partial charge in [-0.2, -0.15) is 0 Å². The number of benzene rings is 3. The predicted octanol–water partition coefficient (Wildman–Crippen LogP) is 9.22. The summed E-state index contributed by atoms with van der Waals surface area (Å²) >= 11 is 0. The molecule has 0 spiro atoms. The Kier molecular flexibility index (Phi) is 7.95. The van der Waals surface area contributed by atoms with Crippen molar-refractivity contribution < 1.29 is 41.8 Å². The van der Waals surface area contributed by atoms with Crippen LogP contribution in [0.2, 0.25) is 0 Å². The van der Waals surface area contributed by atoms with Gasteiger partial charge in [0.05, 0.1) is 23.8 Å². The number of halogens is 3. The third-order valence-corrected chi connectivity index (χ3v) is 8.28. The number of carboxylic acid groups (broad SMARTS) is 1. The van der Waals surface area contributed by atoms with Gasteiger partial charge in [-0.1, -0.05) is 37.2 Å².